The summed E-state index contributed by atoms with van der Waals surface area (Å²) in [6, 6.07) is 4.83. The van der Waals surface area contributed by atoms with Gasteiger partial charge in [0.15, 0.2) is 0 Å². The summed E-state index contributed by atoms with van der Waals surface area (Å²) in [6.45, 7) is 0. The fourth-order valence-electron chi connectivity index (χ4n) is 1.78. The molecule has 5 nitrogen and oxygen atoms in total. The van der Waals surface area contributed by atoms with E-state index in [0.29, 0.717) is 29.8 Å². The average Bonchev–Trinajstić information content (AvgIpc) is 2.13. The molecule has 86 valence electrons. The fraction of sp³-hybridized carbons (Fsp3) is 0.364. The Morgan fingerprint density at radius 3 is 2.31 bits per heavy atom. The van der Waals surface area contributed by atoms with Gasteiger partial charge in [0.05, 0.1) is 6.10 Å². The second-order valence-corrected chi connectivity index (χ2v) is 4.18. The van der Waals surface area contributed by atoms with Crippen molar-refractivity contribution in [3.8, 4) is 0 Å². The first-order valence-corrected chi connectivity index (χ1v) is 5.19. The van der Waals surface area contributed by atoms with Gasteiger partial charge in [-0.2, -0.15) is 0 Å². The van der Waals surface area contributed by atoms with Crippen LogP contribution in [0.25, 0.3) is 0 Å². The normalized spacial score (nSPS) is 23.6. The van der Waals surface area contributed by atoms with E-state index in [4.69, 9.17) is 16.6 Å². The van der Waals surface area contributed by atoms with Gasteiger partial charge in [0.1, 0.15) is 0 Å². The minimum Gasteiger partial charge on any atom is -0.399 e. The van der Waals surface area contributed by atoms with Crippen LogP contribution in [0.15, 0.2) is 18.2 Å². The zero-order valence-electron chi connectivity index (χ0n) is 8.81. The van der Waals surface area contributed by atoms with Gasteiger partial charge in [-0.05, 0) is 31.0 Å². The summed E-state index contributed by atoms with van der Waals surface area (Å²) in [6.07, 6.45) is 0.948. The van der Waals surface area contributed by atoms with Crippen molar-refractivity contribution in [1.82, 2.24) is 5.32 Å². The van der Waals surface area contributed by atoms with Crippen molar-refractivity contribution < 1.29 is 9.90 Å². The largest absolute Gasteiger partial charge is 0.399 e. The average molecular weight is 221 g/mol. The first-order valence-electron chi connectivity index (χ1n) is 5.19. The van der Waals surface area contributed by atoms with Crippen LogP contribution in [-0.4, -0.2) is 23.2 Å². The molecule has 0 bridgehead atoms. The Morgan fingerprint density at radius 1 is 1.25 bits per heavy atom. The Kier molecular flexibility index (Phi) is 2.70. The van der Waals surface area contributed by atoms with Crippen molar-refractivity contribution >= 4 is 17.3 Å². The number of benzene rings is 1. The van der Waals surface area contributed by atoms with Crippen LogP contribution in [0, 0.1) is 0 Å². The molecule has 0 radical (unpaired) electrons. The lowest BCUT2D eigenvalue weighted by Gasteiger charge is -2.31. The summed E-state index contributed by atoms with van der Waals surface area (Å²) in [5, 5.41) is 11.9. The van der Waals surface area contributed by atoms with Gasteiger partial charge in [-0.15, -0.1) is 0 Å². The van der Waals surface area contributed by atoms with Crippen molar-refractivity contribution in [2.75, 3.05) is 11.5 Å². The Balaban J connectivity index is 2.03. The van der Waals surface area contributed by atoms with Crippen molar-refractivity contribution in [1.29, 1.82) is 0 Å². The number of aliphatic hydroxyl groups excluding tert-OH is 1. The number of hydrogen-bond donors (Lipinski definition) is 4. The lowest BCUT2D eigenvalue weighted by Crippen LogP contribution is -2.46. The summed E-state index contributed by atoms with van der Waals surface area (Å²) in [5.41, 5.74) is 12.6. The number of amides is 1. The molecule has 1 aliphatic carbocycles. The minimum atomic E-state index is -0.281. The van der Waals surface area contributed by atoms with E-state index in [9.17, 15) is 4.79 Å². The number of carbonyl (C=O) groups excluding carboxylic acids is 1. The zero-order valence-corrected chi connectivity index (χ0v) is 8.81. The number of nitrogens with one attached hydrogen (secondary N) is 1. The summed E-state index contributed by atoms with van der Waals surface area (Å²) < 4.78 is 0. The van der Waals surface area contributed by atoms with Gasteiger partial charge < -0.3 is 21.9 Å². The number of anilines is 2. The van der Waals surface area contributed by atoms with E-state index in [0.717, 1.165) is 0 Å². The Bertz CT molecular complexity index is 393. The molecule has 1 amide bonds. The highest BCUT2D eigenvalue weighted by atomic mass is 16.3. The lowest BCUT2D eigenvalue weighted by atomic mass is 9.89. The molecule has 2 rings (SSSR count). The maximum absolute atomic E-state index is 11.8. The van der Waals surface area contributed by atoms with E-state index >= 15 is 0 Å². The molecule has 0 atom stereocenters. The molecule has 1 aromatic rings. The number of carbonyl (C=O) groups is 1. The molecule has 5 heteroatoms. The van der Waals surface area contributed by atoms with Crippen LogP contribution in [0.2, 0.25) is 0 Å². The first-order chi connectivity index (χ1) is 7.54. The number of rotatable bonds is 2. The van der Waals surface area contributed by atoms with Gasteiger partial charge in [0.2, 0.25) is 0 Å². The van der Waals surface area contributed by atoms with Gasteiger partial charge in [-0.1, -0.05) is 0 Å². The topological polar surface area (TPSA) is 101 Å². The molecule has 1 saturated carbocycles. The zero-order chi connectivity index (χ0) is 11.7. The molecule has 16 heavy (non-hydrogen) atoms. The predicted molar refractivity (Wildman–Crippen MR) is 61.8 cm³/mol. The maximum atomic E-state index is 11.8. The second-order valence-electron chi connectivity index (χ2n) is 4.18. The highest BCUT2D eigenvalue weighted by Crippen LogP contribution is 2.20. The standard InChI is InChI=1S/C11H15N3O2/c12-7-1-6(2-8(13)3-7)11(16)14-9-4-10(15)5-9/h1-3,9-10,15H,4-5,12-13H2,(H,14,16). The van der Waals surface area contributed by atoms with Crippen molar-refractivity contribution in [2.45, 2.75) is 25.0 Å². The van der Waals surface area contributed by atoms with Crippen molar-refractivity contribution in [2.24, 2.45) is 0 Å². The van der Waals surface area contributed by atoms with Crippen LogP contribution >= 0.6 is 0 Å². The Morgan fingerprint density at radius 2 is 1.81 bits per heavy atom. The molecule has 1 aliphatic rings. The molecule has 6 N–H and O–H groups in total. The molecule has 0 saturated heterocycles. The highest BCUT2D eigenvalue weighted by molar-refractivity contribution is 5.96. The van der Waals surface area contributed by atoms with E-state index in [1.807, 2.05) is 0 Å². The number of nitrogen functional groups attached to an aromatic ring is 2. The SMILES string of the molecule is Nc1cc(N)cc(C(=O)NC2CC(O)C2)c1. The van der Waals surface area contributed by atoms with E-state index < -0.39 is 0 Å². The van der Waals surface area contributed by atoms with Crippen LogP contribution in [0.1, 0.15) is 23.2 Å². The summed E-state index contributed by atoms with van der Waals surface area (Å²) in [7, 11) is 0. The molecule has 1 fully saturated rings. The highest BCUT2D eigenvalue weighted by Gasteiger charge is 2.28. The van der Waals surface area contributed by atoms with Crippen LogP contribution in [0.3, 0.4) is 0 Å². The summed E-state index contributed by atoms with van der Waals surface area (Å²) >= 11 is 0. The van der Waals surface area contributed by atoms with Crippen LogP contribution in [-0.2, 0) is 0 Å². The number of hydrogen-bond acceptors (Lipinski definition) is 4. The third-order valence-corrected chi connectivity index (χ3v) is 2.69. The van der Waals surface area contributed by atoms with E-state index in [-0.39, 0.29) is 18.1 Å². The molecule has 1 aromatic carbocycles. The van der Waals surface area contributed by atoms with Crippen LogP contribution in [0.5, 0.6) is 0 Å². The molecular weight excluding hydrogens is 206 g/mol. The Labute approximate surface area is 93.4 Å². The van der Waals surface area contributed by atoms with E-state index in [2.05, 4.69) is 5.32 Å². The smallest absolute Gasteiger partial charge is 0.251 e. The van der Waals surface area contributed by atoms with Crippen molar-refractivity contribution in [3.05, 3.63) is 23.8 Å². The number of aliphatic hydroxyl groups is 1. The second kappa shape index (κ2) is 4.02. The Hall–Kier alpha value is -1.75. The van der Waals surface area contributed by atoms with Crippen molar-refractivity contribution in [3.63, 3.8) is 0 Å². The monoisotopic (exact) mass is 221 g/mol. The molecular formula is C11H15N3O2. The predicted octanol–water partition coefficient (Wildman–Crippen LogP) is 0.104. The van der Waals surface area contributed by atoms with Gasteiger partial charge in [-0.3, -0.25) is 4.79 Å². The van der Waals surface area contributed by atoms with Crippen LogP contribution < -0.4 is 16.8 Å². The molecule has 0 heterocycles. The van der Waals surface area contributed by atoms with E-state index in [1.54, 1.807) is 18.2 Å². The summed E-state index contributed by atoms with van der Waals surface area (Å²) in [5.74, 6) is -0.198. The third-order valence-electron chi connectivity index (χ3n) is 2.69. The van der Waals surface area contributed by atoms with Gasteiger partial charge in [0.25, 0.3) is 5.91 Å². The van der Waals surface area contributed by atoms with Gasteiger partial charge >= 0.3 is 0 Å². The summed E-state index contributed by atoms with van der Waals surface area (Å²) in [4.78, 5) is 11.8. The first kappa shape index (κ1) is 10.8. The fourth-order valence-corrected chi connectivity index (χ4v) is 1.78. The quantitative estimate of drug-likeness (QED) is 0.532. The molecule has 0 spiro atoms. The molecule has 0 unspecified atom stereocenters. The lowest BCUT2D eigenvalue weighted by molar-refractivity contribution is 0.0562. The molecule has 0 aliphatic heterocycles. The maximum Gasteiger partial charge on any atom is 0.251 e. The minimum absolute atomic E-state index is 0.0603. The van der Waals surface area contributed by atoms with E-state index in [1.165, 1.54) is 0 Å². The van der Waals surface area contributed by atoms with Gasteiger partial charge in [0, 0.05) is 23.0 Å². The van der Waals surface area contributed by atoms with Crippen LogP contribution in [0.4, 0.5) is 11.4 Å². The van der Waals surface area contributed by atoms with Gasteiger partial charge in [-0.25, -0.2) is 0 Å². The third kappa shape index (κ3) is 2.25. The number of nitrogens with two attached hydrogens (primary N) is 2. The molecule has 0 aromatic heterocycles.